The highest BCUT2D eigenvalue weighted by Crippen LogP contribution is 2.44. The van der Waals surface area contributed by atoms with Crippen molar-refractivity contribution in [2.24, 2.45) is 4.99 Å². The first kappa shape index (κ1) is 20.9. The molecule has 0 aliphatic carbocycles. The van der Waals surface area contributed by atoms with Crippen molar-refractivity contribution in [1.29, 1.82) is 0 Å². The predicted molar refractivity (Wildman–Crippen MR) is 129 cm³/mol. The number of hydrogen-bond acceptors (Lipinski definition) is 6. The van der Waals surface area contributed by atoms with E-state index in [1.165, 1.54) is 36.4 Å². The molecule has 0 radical (unpaired) electrons. The van der Waals surface area contributed by atoms with Gasteiger partial charge in [-0.3, -0.25) is 9.79 Å². The molecule has 1 saturated heterocycles. The van der Waals surface area contributed by atoms with Gasteiger partial charge in [0.05, 0.1) is 36.9 Å². The summed E-state index contributed by atoms with van der Waals surface area (Å²) in [6, 6.07) is 1.75. The van der Waals surface area contributed by atoms with Gasteiger partial charge in [0.2, 0.25) is 11.9 Å². The van der Waals surface area contributed by atoms with E-state index in [2.05, 4.69) is 35.5 Å². The molecule has 13 heteroatoms. The minimum atomic E-state index is -0.820. The number of aromatic nitrogens is 7. The van der Waals surface area contributed by atoms with E-state index in [1.807, 2.05) is 0 Å². The normalized spacial score (nSPS) is 20.6. The molecule has 188 valence electrons. The smallest absolute Gasteiger partial charge is 0.247 e. The lowest BCUT2D eigenvalue weighted by molar-refractivity contribution is -0.129. The highest BCUT2D eigenvalue weighted by molar-refractivity contribution is 6.31. The van der Waals surface area contributed by atoms with Gasteiger partial charge in [-0.05, 0) is 59.5 Å². The number of carbonyl (C=O) groups is 1. The standard InChI is InChI=1S/C24H20ClF2N9O/c1-28-19-7-3-14(23(27)32-19)16-10-29-24(31-16)18-5-2-13-8-12(9-20(37)36(13)18)21-17(35-11-30-33-34-35)6-4-15(25)22(21)26/h3-4,6-7,9-11,13,18H,2,5,8H2,1H3,(H,28,32)(H,29,31)/t13-,18-/m1/s1/i3D,7D. The van der Waals surface area contributed by atoms with Crippen LogP contribution < -0.4 is 5.49 Å². The predicted octanol–water partition coefficient (Wildman–Crippen LogP) is 3.36. The van der Waals surface area contributed by atoms with E-state index in [-0.39, 0.29) is 51.4 Å². The summed E-state index contributed by atoms with van der Waals surface area (Å²) in [6.07, 6.45) is 5.67. The third-order valence-corrected chi connectivity index (χ3v) is 6.95. The van der Waals surface area contributed by atoms with Crippen LogP contribution in [0.2, 0.25) is 5.02 Å². The number of aromatic amines is 2. The number of hydrogen-bond donors (Lipinski definition) is 2. The molecule has 0 saturated carbocycles. The van der Waals surface area contributed by atoms with Gasteiger partial charge in [0.25, 0.3) is 0 Å². The minimum absolute atomic E-state index is 0.0412. The first-order chi connectivity index (χ1) is 18.8. The van der Waals surface area contributed by atoms with Gasteiger partial charge in [0.1, 0.15) is 17.6 Å². The van der Waals surface area contributed by atoms with Crippen LogP contribution in [-0.4, -0.2) is 59.1 Å². The molecule has 2 aliphatic rings. The Morgan fingerprint density at radius 3 is 2.89 bits per heavy atom. The van der Waals surface area contributed by atoms with E-state index < -0.39 is 17.8 Å². The second kappa shape index (κ2) is 9.04. The lowest BCUT2D eigenvalue weighted by Crippen LogP contribution is -2.39. The molecule has 2 atom stereocenters. The fraction of sp³-hybridized carbons (Fsp3) is 0.250. The molecule has 1 amide bonds. The number of H-pyrrole nitrogens is 2. The maximum absolute atomic E-state index is 15.3. The molecule has 37 heavy (non-hydrogen) atoms. The van der Waals surface area contributed by atoms with Crippen LogP contribution in [0, 0.1) is 11.8 Å². The lowest BCUT2D eigenvalue weighted by Gasteiger charge is -2.33. The molecule has 1 aromatic carbocycles. The number of imidazole rings is 1. The van der Waals surface area contributed by atoms with E-state index in [4.69, 9.17) is 14.3 Å². The Kier molecular flexibility index (Phi) is 5.12. The van der Waals surface area contributed by atoms with Crippen molar-refractivity contribution in [3.63, 3.8) is 0 Å². The summed E-state index contributed by atoms with van der Waals surface area (Å²) in [7, 11) is 1.40. The molecule has 3 aromatic heterocycles. The van der Waals surface area contributed by atoms with Crippen molar-refractivity contribution in [2.75, 3.05) is 7.05 Å². The van der Waals surface area contributed by atoms with Crippen LogP contribution in [-0.2, 0) is 4.79 Å². The number of benzene rings is 1. The molecule has 0 bridgehead atoms. The van der Waals surface area contributed by atoms with Gasteiger partial charge in [-0.25, -0.2) is 9.37 Å². The van der Waals surface area contributed by atoms with Gasteiger partial charge in [-0.1, -0.05) is 11.6 Å². The summed E-state index contributed by atoms with van der Waals surface area (Å²) >= 11 is 6.09. The summed E-state index contributed by atoms with van der Waals surface area (Å²) in [5, 5.41) is 11.0. The molecule has 0 spiro atoms. The Morgan fingerprint density at radius 2 is 2.11 bits per heavy atom. The summed E-state index contributed by atoms with van der Waals surface area (Å²) in [5.41, 5.74) is 1.03. The van der Waals surface area contributed by atoms with Crippen molar-refractivity contribution in [3.05, 3.63) is 76.5 Å². The number of rotatable bonds is 4. The Balaban J connectivity index is 1.34. The number of pyridine rings is 1. The Morgan fingerprint density at radius 1 is 1.24 bits per heavy atom. The molecule has 1 fully saturated rings. The fourth-order valence-electron chi connectivity index (χ4n) is 5.01. The maximum atomic E-state index is 15.3. The molecule has 4 aromatic rings. The Hall–Kier alpha value is -4.19. The van der Waals surface area contributed by atoms with Crippen LogP contribution in [0.5, 0.6) is 0 Å². The average molecular weight is 526 g/mol. The molecule has 5 heterocycles. The average Bonchev–Trinajstić information content (AvgIpc) is 3.69. The zero-order chi connectivity index (χ0) is 27.4. The number of fused-ring (bicyclic) bond motifs is 1. The largest absolute Gasteiger partial charge is 0.340 e. The van der Waals surface area contributed by atoms with Crippen LogP contribution in [0.25, 0.3) is 22.5 Å². The second-order valence-corrected chi connectivity index (χ2v) is 9.10. The Bertz CT molecular complexity index is 1720. The zero-order valence-corrected chi connectivity index (χ0v) is 20.1. The number of amides is 1. The number of tetrazole rings is 1. The third-order valence-electron chi connectivity index (χ3n) is 6.66. The van der Waals surface area contributed by atoms with Gasteiger partial charge in [-0.15, -0.1) is 5.10 Å². The van der Waals surface area contributed by atoms with E-state index in [1.54, 1.807) is 11.0 Å². The van der Waals surface area contributed by atoms with Crippen LogP contribution in [0.15, 0.2) is 47.8 Å². The van der Waals surface area contributed by atoms with Crippen LogP contribution >= 0.6 is 11.6 Å². The van der Waals surface area contributed by atoms with Crippen LogP contribution in [0.1, 0.15) is 39.4 Å². The van der Waals surface area contributed by atoms with Crippen LogP contribution in [0.3, 0.4) is 0 Å². The molecule has 6 rings (SSSR count). The van der Waals surface area contributed by atoms with Gasteiger partial charge in [0.15, 0.2) is 5.82 Å². The summed E-state index contributed by atoms with van der Waals surface area (Å²) in [5.74, 6) is -1.38. The van der Waals surface area contributed by atoms with E-state index in [0.717, 1.165) is 0 Å². The van der Waals surface area contributed by atoms with Gasteiger partial charge >= 0.3 is 0 Å². The van der Waals surface area contributed by atoms with Crippen molar-refractivity contribution < 1.29 is 16.3 Å². The molecule has 10 nitrogen and oxygen atoms in total. The molecular formula is C24H20ClF2N9O. The van der Waals surface area contributed by atoms with Crippen molar-refractivity contribution in [3.8, 4) is 16.9 Å². The summed E-state index contributed by atoms with van der Waals surface area (Å²) in [4.78, 5) is 28.7. The number of nitrogens with zero attached hydrogens (tertiary/aromatic N) is 7. The maximum Gasteiger partial charge on any atom is 0.247 e. The van der Waals surface area contributed by atoms with Crippen molar-refractivity contribution in [2.45, 2.75) is 31.3 Å². The third kappa shape index (κ3) is 3.93. The molecule has 2 aliphatic heterocycles. The van der Waals surface area contributed by atoms with Gasteiger partial charge in [-0.2, -0.15) is 9.07 Å². The van der Waals surface area contributed by atoms with Crippen molar-refractivity contribution in [1.82, 2.24) is 40.1 Å². The van der Waals surface area contributed by atoms with Crippen molar-refractivity contribution >= 4 is 23.1 Å². The molecule has 2 N–H and O–H groups in total. The Labute approximate surface area is 216 Å². The highest BCUT2D eigenvalue weighted by atomic mass is 35.5. The summed E-state index contributed by atoms with van der Waals surface area (Å²) in [6.45, 7) is 0. The van der Waals surface area contributed by atoms with E-state index in [9.17, 15) is 9.18 Å². The first-order valence-electron chi connectivity index (χ1n) is 12.4. The minimum Gasteiger partial charge on any atom is -0.340 e. The van der Waals surface area contributed by atoms with E-state index in [0.29, 0.717) is 36.3 Å². The number of nitrogens with one attached hydrogen (secondary N) is 2. The van der Waals surface area contributed by atoms with Crippen LogP contribution in [0.4, 0.5) is 8.78 Å². The first-order valence-corrected chi connectivity index (χ1v) is 11.8. The van der Waals surface area contributed by atoms with Gasteiger partial charge < -0.3 is 14.9 Å². The second-order valence-electron chi connectivity index (χ2n) is 8.69. The number of carbonyl (C=O) groups excluding carboxylic acids is 1. The zero-order valence-electron chi connectivity index (χ0n) is 21.3. The topological polar surface area (TPSA) is 121 Å². The van der Waals surface area contributed by atoms with Gasteiger partial charge in [0, 0.05) is 24.7 Å². The monoisotopic (exact) mass is 525 g/mol. The highest BCUT2D eigenvalue weighted by Gasteiger charge is 2.42. The fourth-order valence-corrected chi connectivity index (χ4v) is 5.17. The number of halogens is 3. The SMILES string of the molecule is [2H]c1c(-c2cnc([C@H]3CC[C@@H]4CC(c5c(-n6cnnn6)ccc(Cl)c5F)=CC(=O)N43)[nH]2)c(F)[nH]c(=NC)c1[2H]. The summed E-state index contributed by atoms with van der Waals surface area (Å²) < 4.78 is 47.7. The molecule has 0 unspecified atom stereocenters. The van der Waals surface area contributed by atoms with E-state index >= 15 is 4.39 Å². The lowest BCUT2D eigenvalue weighted by atomic mass is 9.92. The molecular weight excluding hydrogens is 504 g/mol. The quantitative estimate of drug-likeness (QED) is 0.396.